The molecule has 0 aliphatic rings. The van der Waals surface area contributed by atoms with Crippen LogP contribution in [-0.2, 0) is 13.2 Å². The zero-order valence-electron chi connectivity index (χ0n) is 12.3. The van der Waals surface area contributed by atoms with Crippen LogP contribution in [0.3, 0.4) is 0 Å². The van der Waals surface area contributed by atoms with Crippen molar-refractivity contribution < 1.29 is 9.84 Å². The van der Waals surface area contributed by atoms with Crippen LogP contribution in [0.4, 0.5) is 0 Å². The van der Waals surface area contributed by atoms with Crippen LogP contribution in [0.25, 0.3) is 10.9 Å². The highest BCUT2D eigenvalue weighted by atomic mass is 16.5. The summed E-state index contributed by atoms with van der Waals surface area (Å²) in [6, 6.07) is 14.4. The topological polar surface area (TPSA) is 34.4 Å². The predicted molar refractivity (Wildman–Crippen MR) is 84.7 cm³/mol. The van der Waals surface area contributed by atoms with Gasteiger partial charge in [0.1, 0.15) is 5.75 Å². The Bertz CT molecular complexity index is 774. The molecule has 0 aliphatic heterocycles. The number of hydrogen-bond acceptors (Lipinski definition) is 2. The number of hydrogen-bond donors (Lipinski definition) is 1. The van der Waals surface area contributed by atoms with E-state index in [1.165, 1.54) is 11.1 Å². The normalized spacial score (nSPS) is 11.0. The number of aryl methyl sites for hydroxylation is 1. The quantitative estimate of drug-likeness (QED) is 0.794. The summed E-state index contributed by atoms with van der Waals surface area (Å²) < 4.78 is 7.65. The average molecular weight is 281 g/mol. The minimum absolute atomic E-state index is 0.0762. The van der Waals surface area contributed by atoms with E-state index in [1.54, 1.807) is 7.11 Å². The van der Waals surface area contributed by atoms with Gasteiger partial charge in [-0.25, -0.2) is 0 Å². The van der Waals surface area contributed by atoms with E-state index < -0.39 is 0 Å². The van der Waals surface area contributed by atoms with Gasteiger partial charge in [-0.1, -0.05) is 23.8 Å². The van der Waals surface area contributed by atoms with E-state index >= 15 is 0 Å². The minimum atomic E-state index is 0.0762. The van der Waals surface area contributed by atoms with E-state index in [4.69, 9.17) is 4.74 Å². The molecule has 21 heavy (non-hydrogen) atoms. The molecule has 0 atom stereocenters. The van der Waals surface area contributed by atoms with Crippen LogP contribution < -0.4 is 4.74 Å². The SMILES string of the molecule is COc1ccc(C)cc1Cn1ccc2cc(CO)ccc21. The molecule has 0 spiro atoms. The molecule has 0 unspecified atom stereocenters. The van der Waals surface area contributed by atoms with Gasteiger partial charge < -0.3 is 14.4 Å². The number of aliphatic hydroxyl groups is 1. The van der Waals surface area contributed by atoms with E-state index in [0.717, 1.165) is 28.8 Å². The predicted octanol–water partition coefficient (Wildman–Crippen LogP) is 3.50. The van der Waals surface area contributed by atoms with Crippen molar-refractivity contribution in [3.05, 3.63) is 65.4 Å². The molecular weight excluding hydrogens is 262 g/mol. The number of methoxy groups -OCH3 is 1. The zero-order valence-corrected chi connectivity index (χ0v) is 12.3. The third-order valence-electron chi connectivity index (χ3n) is 3.79. The molecule has 1 N–H and O–H groups in total. The standard InChI is InChI=1S/C18H19NO2/c1-13-3-6-18(21-2)16(9-13)11-19-8-7-15-10-14(12-20)4-5-17(15)19/h3-10,20H,11-12H2,1-2H3. The molecule has 0 bridgehead atoms. The second kappa shape index (κ2) is 5.62. The first kappa shape index (κ1) is 13.7. The number of rotatable bonds is 4. The molecule has 3 rings (SSSR count). The van der Waals surface area contributed by atoms with Gasteiger partial charge in [-0.3, -0.25) is 0 Å². The summed E-state index contributed by atoms with van der Waals surface area (Å²) in [6.45, 7) is 2.93. The molecular formula is C18H19NO2. The second-order valence-electron chi connectivity index (χ2n) is 5.31. The zero-order chi connectivity index (χ0) is 14.8. The maximum atomic E-state index is 9.21. The van der Waals surface area contributed by atoms with Gasteiger partial charge in [-0.15, -0.1) is 0 Å². The van der Waals surface area contributed by atoms with Crippen molar-refractivity contribution in [1.29, 1.82) is 0 Å². The number of nitrogens with zero attached hydrogens (tertiary/aromatic N) is 1. The van der Waals surface area contributed by atoms with Crippen LogP contribution in [0.5, 0.6) is 5.75 Å². The lowest BCUT2D eigenvalue weighted by molar-refractivity contribution is 0.282. The van der Waals surface area contributed by atoms with Crippen LogP contribution in [-0.4, -0.2) is 16.8 Å². The highest BCUT2D eigenvalue weighted by Crippen LogP contribution is 2.24. The van der Waals surface area contributed by atoms with E-state index in [0.29, 0.717) is 0 Å². The van der Waals surface area contributed by atoms with Gasteiger partial charge in [-0.2, -0.15) is 0 Å². The Labute approximate surface area is 124 Å². The fourth-order valence-corrected chi connectivity index (χ4v) is 2.70. The Balaban J connectivity index is 2.00. The molecule has 3 nitrogen and oxygen atoms in total. The highest BCUT2D eigenvalue weighted by Gasteiger charge is 2.07. The molecule has 1 aromatic heterocycles. The number of ether oxygens (including phenoxy) is 1. The van der Waals surface area contributed by atoms with Gasteiger partial charge in [0.2, 0.25) is 0 Å². The summed E-state index contributed by atoms with van der Waals surface area (Å²) in [6.07, 6.45) is 2.08. The number of fused-ring (bicyclic) bond motifs is 1. The van der Waals surface area contributed by atoms with E-state index in [-0.39, 0.29) is 6.61 Å². The second-order valence-corrected chi connectivity index (χ2v) is 5.31. The Kier molecular flexibility index (Phi) is 3.67. The van der Waals surface area contributed by atoms with Gasteiger partial charge >= 0.3 is 0 Å². The number of aromatic nitrogens is 1. The summed E-state index contributed by atoms with van der Waals surface area (Å²) in [5.41, 5.74) is 4.50. The third kappa shape index (κ3) is 2.65. The van der Waals surface area contributed by atoms with Gasteiger partial charge in [-0.05, 0) is 42.1 Å². The Morgan fingerprint density at radius 3 is 2.71 bits per heavy atom. The molecule has 1 heterocycles. The van der Waals surface area contributed by atoms with Crippen molar-refractivity contribution in [2.24, 2.45) is 0 Å². The van der Waals surface area contributed by atoms with Gasteiger partial charge in [0.25, 0.3) is 0 Å². The van der Waals surface area contributed by atoms with Crippen LogP contribution in [0.15, 0.2) is 48.7 Å². The molecule has 0 radical (unpaired) electrons. The van der Waals surface area contributed by atoms with E-state index in [1.807, 2.05) is 18.2 Å². The van der Waals surface area contributed by atoms with Crippen LogP contribution >= 0.6 is 0 Å². The fraction of sp³-hybridized carbons (Fsp3) is 0.222. The van der Waals surface area contributed by atoms with Crippen molar-refractivity contribution in [2.75, 3.05) is 7.11 Å². The Morgan fingerprint density at radius 1 is 1.10 bits per heavy atom. The average Bonchev–Trinajstić information content (AvgIpc) is 2.90. The van der Waals surface area contributed by atoms with Crippen molar-refractivity contribution >= 4 is 10.9 Å². The first-order valence-electron chi connectivity index (χ1n) is 7.03. The van der Waals surface area contributed by atoms with Crippen LogP contribution in [0.1, 0.15) is 16.7 Å². The summed E-state index contributed by atoms with van der Waals surface area (Å²) in [5, 5.41) is 10.4. The van der Waals surface area contributed by atoms with Gasteiger partial charge in [0.15, 0.2) is 0 Å². The van der Waals surface area contributed by atoms with Crippen molar-refractivity contribution in [3.8, 4) is 5.75 Å². The molecule has 0 saturated heterocycles. The van der Waals surface area contributed by atoms with E-state index in [9.17, 15) is 5.11 Å². The minimum Gasteiger partial charge on any atom is -0.496 e. The maximum Gasteiger partial charge on any atom is 0.123 e. The smallest absolute Gasteiger partial charge is 0.123 e. The fourth-order valence-electron chi connectivity index (χ4n) is 2.70. The van der Waals surface area contributed by atoms with Gasteiger partial charge in [0, 0.05) is 17.3 Å². The maximum absolute atomic E-state index is 9.21. The summed E-state index contributed by atoms with van der Waals surface area (Å²) >= 11 is 0. The number of aliphatic hydroxyl groups excluding tert-OH is 1. The summed E-state index contributed by atoms with van der Waals surface area (Å²) in [5.74, 6) is 0.912. The summed E-state index contributed by atoms with van der Waals surface area (Å²) in [7, 11) is 1.70. The van der Waals surface area contributed by atoms with Crippen molar-refractivity contribution in [1.82, 2.24) is 4.57 Å². The third-order valence-corrected chi connectivity index (χ3v) is 3.79. The Morgan fingerprint density at radius 2 is 1.95 bits per heavy atom. The lowest BCUT2D eigenvalue weighted by atomic mass is 10.1. The number of benzene rings is 2. The Hall–Kier alpha value is -2.26. The molecule has 108 valence electrons. The van der Waals surface area contributed by atoms with Crippen LogP contribution in [0, 0.1) is 6.92 Å². The monoisotopic (exact) mass is 281 g/mol. The molecule has 0 amide bonds. The van der Waals surface area contributed by atoms with Crippen molar-refractivity contribution in [3.63, 3.8) is 0 Å². The first-order chi connectivity index (χ1) is 10.2. The summed E-state index contributed by atoms with van der Waals surface area (Å²) in [4.78, 5) is 0. The molecule has 0 aliphatic carbocycles. The molecule has 0 fully saturated rings. The van der Waals surface area contributed by atoms with Crippen molar-refractivity contribution in [2.45, 2.75) is 20.1 Å². The molecule has 3 heteroatoms. The van der Waals surface area contributed by atoms with Gasteiger partial charge in [0.05, 0.1) is 20.3 Å². The van der Waals surface area contributed by atoms with Crippen LogP contribution in [0.2, 0.25) is 0 Å². The lowest BCUT2D eigenvalue weighted by Gasteiger charge is -2.11. The largest absolute Gasteiger partial charge is 0.496 e. The van der Waals surface area contributed by atoms with E-state index in [2.05, 4.69) is 42.0 Å². The molecule has 3 aromatic rings. The highest BCUT2D eigenvalue weighted by molar-refractivity contribution is 5.81. The molecule has 2 aromatic carbocycles. The molecule has 0 saturated carbocycles. The first-order valence-corrected chi connectivity index (χ1v) is 7.03. The lowest BCUT2D eigenvalue weighted by Crippen LogP contribution is -2.01.